The molecule has 0 fully saturated rings. The van der Waals surface area contributed by atoms with Gasteiger partial charge in [-0.1, -0.05) is 12.1 Å². The Labute approximate surface area is 152 Å². The third-order valence-corrected chi connectivity index (χ3v) is 5.26. The van der Waals surface area contributed by atoms with E-state index in [1.807, 2.05) is 25.1 Å². The molecular formula is C18H19N5O2S. The Morgan fingerprint density at radius 3 is 2.31 bits per heavy atom. The smallest absolute Gasteiger partial charge is 0.263 e. The van der Waals surface area contributed by atoms with E-state index in [1.165, 1.54) is 0 Å². The molecule has 26 heavy (non-hydrogen) atoms. The van der Waals surface area contributed by atoms with E-state index in [0.717, 1.165) is 11.1 Å². The van der Waals surface area contributed by atoms with Crippen LogP contribution in [-0.4, -0.2) is 23.6 Å². The van der Waals surface area contributed by atoms with E-state index >= 15 is 0 Å². The molecule has 0 aliphatic carbocycles. The Hall–Kier alpha value is -3.00. The average molecular weight is 369 g/mol. The van der Waals surface area contributed by atoms with E-state index in [1.54, 1.807) is 43.6 Å². The zero-order valence-electron chi connectivity index (χ0n) is 14.5. The molecule has 134 valence electrons. The van der Waals surface area contributed by atoms with Crippen molar-refractivity contribution >= 4 is 21.7 Å². The van der Waals surface area contributed by atoms with E-state index in [2.05, 4.69) is 25.2 Å². The number of rotatable bonds is 6. The molecule has 0 saturated carbocycles. The Balaban J connectivity index is 1.69. The fraction of sp³-hybridized carbons (Fsp3) is 0.167. The van der Waals surface area contributed by atoms with Gasteiger partial charge in [-0.15, -0.1) is 10.2 Å². The predicted octanol–water partition coefficient (Wildman–Crippen LogP) is 2.90. The lowest BCUT2D eigenvalue weighted by atomic mass is 10.2. The predicted molar refractivity (Wildman–Crippen MR) is 100 cm³/mol. The van der Waals surface area contributed by atoms with E-state index < -0.39 is 10.0 Å². The van der Waals surface area contributed by atoms with Gasteiger partial charge in [0, 0.05) is 18.9 Å². The van der Waals surface area contributed by atoms with Gasteiger partial charge in [0.2, 0.25) is 0 Å². The zero-order chi connectivity index (χ0) is 18.6. The summed E-state index contributed by atoms with van der Waals surface area (Å²) in [6.45, 7) is 4.18. The summed E-state index contributed by atoms with van der Waals surface area (Å²) < 4.78 is 27.6. The van der Waals surface area contributed by atoms with Gasteiger partial charge in [-0.2, -0.15) is 0 Å². The molecule has 2 heterocycles. The van der Waals surface area contributed by atoms with Crippen molar-refractivity contribution < 1.29 is 8.42 Å². The number of benzene rings is 1. The zero-order valence-corrected chi connectivity index (χ0v) is 15.3. The number of aryl methyl sites for hydroxylation is 2. The molecule has 2 N–H and O–H groups in total. The lowest BCUT2D eigenvalue weighted by Gasteiger charge is -2.11. The summed E-state index contributed by atoms with van der Waals surface area (Å²) in [5.74, 6) is 0.719. The molecule has 1 aromatic carbocycles. The van der Waals surface area contributed by atoms with Crippen molar-refractivity contribution in [1.29, 1.82) is 0 Å². The molecule has 0 amide bonds. The van der Waals surface area contributed by atoms with Gasteiger partial charge < -0.3 is 5.32 Å². The molecule has 0 bridgehead atoms. The Morgan fingerprint density at radius 2 is 1.62 bits per heavy atom. The first kappa shape index (κ1) is 17.8. The summed E-state index contributed by atoms with van der Waals surface area (Å²) >= 11 is 0. The van der Waals surface area contributed by atoms with Crippen LogP contribution in [0.15, 0.2) is 59.8 Å². The first-order valence-corrected chi connectivity index (χ1v) is 9.49. The highest BCUT2D eigenvalue weighted by molar-refractivity contribution is 7.92. The average Bonchev–Trinajstić information content (AvgIpc) is 2.64. The van der Waals surface area contributed by atoms with Gasteiger partial charge in [-0.25, -0.2) is 8.42 Å². The van der Waals surface area contributed by atoms with Crippen LogP contribution in [0.1, 0.15) is 16.7 Å². The van der Waals surface area contributed by atoms with Gasteiger partial charge in [-0.05, 0) is 60.9 Å². The fourth-order valence-corrected chi connectivity index (χ4v) is 3.69. The number of hydrogen-bond acceptors (Lipinski definition) is 6. The maximum Gasteiger partial charge on any atom is 0.263 e. The maximum atomic E-state index is 12.6. The second-order valence-electron chi connectivity index (χ2n) is 5.89. The molecule has 0 aliphatic rings. The van der Waals surface area contributed by atoms with Crippen molar-refractivity contribution in [2.24, 2.45) is 0 Å². The van der Waals surface area contributed by atoms with Crippen LogP contribution in [0.5, 0.6) is 0 Å². The fourth-order valence-electron chi connectivity index (χ4n) is 2.36. The number of aromatic nitrogens is 3. The van der Waals surface area contributed by atoms with Gasteiger partial charge in [0.05, 0.1) is 4.90 Å². The van der Waals surface area contributed by atoms with Crippen molar-refractivity contribution in [3.63, 3.8) is 0 Å². The van der Waals surface area contributed by atoms with E-state index in [9.17, 15) is 8.42 Å². The molecule has 0 radical (unpaired) electrons. The summed E-state index contributed by atoms with van der Waals surface area (Å²) in [5.41, 5.74) is 2.60. The highest BCUT2D eigenvalue weighted by atomic mass is 32.2. The SMILES string of the molecule is Cc1ccc(C)c(S(=O)(=O)Nc2ccc(NCc3ccncc3)nn2)c1. The number of nitrogens with one attached hydrogen (secondary N) is 2. The summed E-state index contributed by atoms with van der Waals surface area (Å²) in [7, 11) is -3.71. The van der Waals surface area contributed by atoms with Crippen LogP contribution in [0.2, 0.25) is 0 Å². The summed E-state index contributed by atoms with van der Waals surface area (Å²) in [5, 5.41) is 11.1. The van der Waals surface area contributed by atoms with Crippen molar-refractivity contribution in [3.05, 3.63) is 71.5 Å². The van der Waals surface area contributed by atoms with Crippen molar-refractivity contribution in [3.8, 4) is 0 Å². The van der Waals surface area contributed by atoms with Gasteiger partial charge in [0.25, 0.3) is 10.0 Å². The van der Waals surface area contributed by atoms with Crippen LogP contribution in [-0.2, 0) is 16.6 Å². The molecule has 0 unspecified atom stereocenters. The number of sulfonamides is 1. The Bertz CT molecular complexity index is 990. The first-order chi connectivity index (χ1) is 12.4. The highest BCUT2D eigenvalue weighted by Crippen LogP contribution is 2.20. The van der Waals surface area contributed by atoms with Crippen molar-refractivity contribution in [1.82, 2.24) is 15.2 Å². The summed E-state index contributed by atoms with van der Waals surface area (Å²) in [6, 6.07) is 12.3. The van der Waals surface area contributed by atoms with E-state index in [0.29, 0.717) is 17.9 Å². The molecule has 0 atom stereocenters. The third-order valence-electron chi connectivity index (χ3n) is 3.76. The molecule has 3 rings (SSSR count). The second-order valence-corrected chi connectivity index (χ2v) is 7.54. The van der Waals surface area contributed by atoms with Gasteiger partial charge in [0.15, 0.2) is 5.82 Å². The van der Waals surface area contributed by atoms with Crippen LogP contribution >= 0.6 is 0 Å². The van der Waals surface area contributed by atoms with Crippen LogP contribution in [0.4, 0.5) is 11.6 Å². The van der Waals surface area contributed by atoms with Gasteiger partial charge >= 0.3 is 0 Å². The monoisotopic (exact) mass is 369 g/mol. The number of hydrogen-bond donors (Lipinski definition) is 2. The number of nitrogens with zero attached hydrogens (tertiary/aromatic N) is 3. The maximum absolute atomic E-state index is 12.6. The largest absolute Gasteiger partial charge is 0.365 e. The second kappa shape index (κ2) is 7.49. The molecule has 0 spiro atoms. The lowest BCUT2D eigenvalue weighted by molar-refractivity contribution is 0.600. The van der Waals surface area contributed by atoms with E-state index in [-0.39, 0.29) is 10.7 Å². The summed E-state index contributed by atoms with van der Waals surface area (Å²) in [6.07, 6.45) is 3.43. The highest BCUT2D eigenvalue weighted by Gasteiger charge is 2.17. The van der Waals surface area contributed by atoms with Crippen molar-refractivity contribution in [2.45, 2.75) is 25.3 Å². The molecule has 2 aromatic heterocycles. The Kier molecular flexibility index (Phi) is 5.13. The third kappa shape index (κ3) is 4.34. The minimum atomic E-state index is -3.71. The minimum Gasteiger partial charge on any atom is -0.365 e. The lowest BCUT2D eigenvalue weighted by Crippen LogP contribution is -2.16. The quantitative estimate of drug-likeness (QED) is 0.693. The molecular weight excluding hydrogens is 350 g/mol. The van der Waals surface area contributed by atoms with Crippen LogP contribution in [0.25, 0.3) is 0 Å². The van der Waals surface area contributed by atoms with Gasteiger partial charge in [-0.3, -0.25) is 9.71 Å². The topological polar surface area (TPSA) is 96.9 Å². The summed E-state index contributed by atoms with van der Waals surface area (Å²) in [4.78, 5) is 4.20. The molecule has 0 saturated heterocycles. The van der Waals surface area contributed by atoms with Crippen LogP contribution < -0.4 is 10.0 Å². The standard InChI is InChI=1S/C18H19N5O2S/c1-13-3-4-14(2)16(11-13)26(24,25)23-18-6-5-17(21-22-18)20-12-15-7-9-19-10-8-15/h3-11H,12H2,1-2H3,(H,20,21)(H,22,23). The van der Waals surface area contributed by atoms with Crippen LogP contribution in [0, 0.1) is 13.8 Å². The van der Waals surface area contributed by atoms with E-state index in [4.69, 9.17) is 0 Å². The molecule has 3 aromatic rings. The minimum absolute atomic E-state index is 0.167. The first-order valence-electron chi connectivity index (χ1n) is 8.01. The number of pyridine rings is 1. The Morgan fingerprint density at radius 1 is 0.923 bits per heavy atom. The molecule has 0 aliphatic heterocycles. The van der Waals surface area contributed by atoms with Crippen molar-refractivity contribution in [2.75, 3.05) is 10.0 Å². The normalized spacial score (nSPS) is 11.2. The molecule has 8 heteroatoms. The number of anilines is 2. The van der Waals surface area contributed by atoms with Gasteiger partial charge in [0.1, 0.15) is 5.82 Å². The van der Waals surface area contributed by atoms with Crippen LogP contribution in [0.3, 0.4) is 0 Å². The molecule has 7 nitrogen and oxygen atoms in total.